The number of piperidine rings is 1. The number of aromatic nitrogens is 1. The average molecular weight is 374 g/mol. The zero-order valence-corrected chi connectivity index (χ0v) is 16.7. The summed E-state index contributed by atoms with van der Waals surface area (Å²) in [5, 5.41) is 2.73. The Morgan fingerprint density at radius 1 is 1.42 bits per heavy atom. The molecule has 1 aromatic carbocycles. The van der Waals surface area contributed by atoms with Crippen molar-refractivity contribution in [2.45, 2.75) is 29.8 Å². The largest absolute Gasteiger partial charge is 0.449 e. The summed E-state index contributed by atoms with van der Waals surface area (Å²) in [6.07, 6.45) is 4.07. The highest BCUT2D eigenvalue weighted by atomic mass is 32.2. The molecule has 1 amide bonds. The van der Waals surface area contributed by atoms with E-state index >= 15 is 0 Å². The van der Waals surface area contributed by atoms with Gasteiger partial charge in [0.2, 0.25) is 0 Å². The van der Waals surface area contributed by atoms with Gasteiger partial charge in [-0.3, -0.25) is 0 Å². The molecule has 3 atom stereocenters. The van der Waals surface area contributed by atoms with Crippen molar-refractivity contribution in [2.24, 2.45) is 5.92 Å². The van der Waals surface area contributed by atoms with E-state index in [1.165, 1.54) is 32.0 Å². The molecule has 1 fully saturated rings. The number of nitrogens with zero attached hydrogens (tertiary/aromatic N) is 2. The summed E-state index contributed by atoms with van der Waals surface area (Å²) < 4.78 is 5.49. The van der Waals surface area contributed by atoms with Crippen LogP contribution in [0.3, 0.4) is 0 Å². The van der Waals surface area contributed by atoms with Crippen LogP contribution in [0.5, 0.6) is 0 Å². The van der Waals surface area contributed by atoms with Crippen LogP contribution in [-0.2, 0) is 11.2 Å². The van der Waals surface area contributed by atoms with Gasteiger partial charge in [0.05, 0.1) is 11.6 Å². The first-order valence-corrected chi connectivity index (χ1v) is 10.4. The Morgan fingerprint density at radius 2 is 2.23 bits per heavy atom. The molecule has 0 radical (unpaired) electrons. The molecule has 6 heteroatoms. The third-order valence-corrected chi connectivity index (χ3v) is 6.67. The Hall–Kier alpha value is -1.66. The van der Waals surface area contributed by atoms with E-state index in [2.05, 4.69) is 41.4 Å². The quantitative estimate of drug-likeness (QED) is 0.836. The van der Waals surface area contributed by atoms with Crippen molar-refractivity contribution in [3.8, 4) is 0 Å². The van der Waals surface area contributed by atoms with E-state index in [0.717, 1.165) is 19.4 Å². The minimum absolute atomic E-state index is 0.252. The molecular weight excluding hydrogens is 346 g/mol. The second-order valence-corrected chi connectivity index (χ2v) is 8.61. The number of benzene rings is 1. The van der Waals surface area contributed by atoms with Gasteiger partial charge in [-0.05, 0) is 43.3 Å². The van der Waals surface area contributed by atoms with Crippen LogP contribution < -0.4 is 0 Å². The Balaban J connectivity index is 1.63. The molecule has 1 aliphatic carbocycles. The maximum Gasteiger partial charge on any atom is 0.409 e. The zero-order valence-electron chi connectivity index (χ0n) is 15.9. The molecule has 2 aliphatic rings. The second kappa shape index (κ2) is 6.82. The van der Waals surface area contributed by atoms with E-state index < -0.39 is 0 Å². The third kappa shape index (κ3) is 2.89. The molecule has 4 rings (SSSR count). The minimum Gasteiger partial charge on any atom is -0.449 e. The number of likely N-dealkylation sites (N-methyl/N-ethyl adjacent to an activating group) is 1. The molecule has 2 heterocycles. The number of ether oxygens (including phenoxy) is 1. The van der Waals surface area contributed by atoms with Gasteiger partial charge in [-0.1, -0.05) is 12.1 Å². The van der Waals surface area contributed by atoms with Crippen LogP contribution in [0.2, 0.25) is 0 Å². The highest BCUT2D eigenvalue weighted by Gasteiger charge is 2.40. The van der Waals surface area contributed by atoms with Crippen molar-refractivity contribution in [3.63, 3.8) is 0 Å². The molecule has 0 saturated carbocycles. The number of carbonyl (C=O) groups excluding carboxylic acids is 1. The summed E-state index contributed by atoms with van der Waals surface area (Å²) >= 11 is 1.81. The van der Waals surface area contributed by atoms with Crippen molar-refractivity contribution in [1.29, 1.82) is 0 Å². The topological polar surface area (TPSA) is 48.6 Å². The Bertz CT molecular complexity index is 832. The normalized spacial score (nSPS) is 25.2. The first-order valence-electron chi connectivity index (χ1n) is 9.21. The third-order valence-electron chi connectivity index (χ3n) is 5.91. The first-order chi connectivity index (χ1) is 12.5. The summed E-state index contributed by atoms with van der Waals surface area (Å²) in [4.78, 5) is 19.4. The number of likely N-dealkylation sites (tertiary alicyclic amines) is 1. The number of hydrogen-bond acceptors (Lipinski definition) is 4. The smallest absolute Gasteiger partial charge is 0.409 e. The van der Waals surface area contributed by atoms with E-state index in [1.807, 2.05) is 11.8 Å². The Morgan fingerprint density at radius 3 is 2.96 bits per heavy atom. The molecule has 140 valence electrons. The van der Waals surface area contributed by atoms with E-state index in [0.29, 0.717) is 24.5 Å². The lowest BCUT2D eigenvalue weighted by Crippen LogP contribution is -2.49. The van der Waals surface area contributed by atoms with E-state index in [-0.39, 0.29) is 6.09 Å². The van der Waals surface area contributed by atoms with Crippen LogP contribution in [0.1, 0.15) is 23.5 Å². The van der Waals surface area contributed by atoms with Gasteiger partial charge in [-0.25, -0.2) is 4.79 Å². The number of H-pyrrole nitrogens is 1. The number of fused-ring (bicyclic) bond motifs is 2. The molecule has 1 unspecified atom stereocenters. The number of thioether (sulfide) groups is 1. The maximum absolute atomic E-state index is 11.8. The number of aromatic amines is 1. The van der Waals surface area contributed by atoms with Gasteiger partial charge < -0.3 is 19.5 Å². The molecule has 0 spiro atoms. The highest BCUT2D eigenvalue weighted by Crippen LogP contribution is 2.46. The van der Waals surface area contributed by atoms with Gasteiger partial charge in [0.25, 0.3) is 0 Å². The minimum atomic E-state index is -0.252. The lowest BCUT2D eigenvalue weighted by Gasteiger charge is -2.45. The van der Waals surface area contributed by atoms with Crippen LogP contribution >= 0.6 is 11.8 Å². The van der Waals surface area contributed by atoms with Gasteiger partial charge in [0, 0.05) is 49.4 Å². The van der Waals surface area contributed by atoms with Crippen LogP contribution in [0.25, 0.3) is 10.9 Å². The number of nitrogens with one attached hydrogen (secondary N) is 1. The molecule has 5 nitrogen and oxygen atoms in total. The highest BCUT2D eigenvalue weighted by molar-refractivity contribution is 7.98. The lowest BCUT2D eigenvalue weighted by molar-refractivity contribution is 0.0526. The number of amides is 1. The van der Waals surface area contributed by atoms with Crippen molar-refractivity contribution in [1.82, 2.24) is 14.8 Å². The Kier molecular flexibility index (Phi) is 4.65. The molecular formula is C20H27N3O2S. The lowest BCUT2D eigenvalue weighted by atomic mass is 9.72. The molecule has 0 bridgehead atoms. The van der Waals surface area contributed by atoms with Crippen molar-refractivity contribution >= 4 is 28.8 Å². The molecule has 2 aromatic rings. The molecule has 26 heavy (non-hydrogen) atoms. The van der Waals surface area contributed by atoms with Gasteiger partial charge in [0.15, 0.2) is 0 Å². The molecule has 1 aliphatic heterocycles. The SMILES string of the molecule is CSc1[nH]c2cccc3c2c1C[C@@H]1C3C[C@@H](COC(=O)N(C)C)CN1C. The summed E-state index contributed by atoms with van der Waals surface area (Å²) in [6.45, 7) is 1.48. The Labute approximate surface area is 159 Å². The van der Waals surface area contributed by atoms with Gasteiger partial charge >= 0.3 is 6.09 Å². The van der Waals surface area contributed by atoms with Crippen molar-refractivity contribution < 1.29 is 9.53 Å². The fourth-order valence-corrected chi connectivity index (χ4v) is 5.37. The van der Waals surface area contributed by atoms with Gasteiger partial charge in [-0.2, -0.15) is 0 Å². The van der Waals surface area contributed by atoms with Crippen LogP contribution in [0, 0.1) is 5.92 Å². The fourth-order valence-electron chi connectivity index (χ4n) is 4.72. The van der Waals surface area contributed by atoms with Crippen LogP contribution in [0.4, 0.5) is 4.79 Å². The van der Waals surface area contributed by atoms with Crippen LogP contribution in [0.15, 0.2) is 23.2 Å². The summed E-state index contributed by atoms with van der Waals surface area (Å²) in [5.41, 5.74) is 4.19. The zero-order chi connectivity index (χ0) is 18.4. The van der Waals surface area contributed by atoms with Gasteiger partial charge in [-0.15, -0.1) is 11.8 Å². The van der Waals surface area contributed by atoms with Crippen LogP contribution in [-0.4, -0.2) is 67.5 Å². The second-order valence-electron chi connectivity index (χ2n) is 7.80. The predicted molar refractivity (Wildman–Crippen MR) is 106 cm³/mol. The number of rotatable bonds is 3. The fraction of sp³-hybridized carbons (Fsp3) is 0.550. The molecule has 1 saturated heterocycles. The molecule has 1 aromatic heterocycles. The first kappa shape index (κ1) is 17.7. The summed E-state index contributed by atoms with van der Waals surface area (Å²) in [6, 6.07) is 7.17. The number of hydrogen-bond donors (Lipinski definition) is 1. The summed E-state index contributed by atoms with van der Waals surface area (Å²) in [7, 11) is 5.67. The number of carbonyl (C=O) groups is 1. The van der Waals surface area contributed by atoms with E-state index in [4.69, 9.17) is 4.74 Å². The molecule has 1 N–H and O–H groups in total. The standard InChI is InChI=1S/C20H27N3O2S/c1-22(2)20(24)25-11-12-8-14-13-6-5-7-16-18(13)15(19(21-16)26-4)9-17(14)23(3)10-12/h5-7,12,14,17,21H,8-11H2,1-4H3/t12-,14?,17-/m1/s1. The van der Waals surface area contributed by atoms with Crippen molar-refractivity contribution in [3.05, 3.63) is 29.3 Å². The summed E-state index contributed by atoms with van der Waals surface area (Å²) in [5.74, 6) is 0.874. The van der Waals surface area contributed by atoms with E-state index in [1.54, 1.807) is 14.1 Å². The average Bonchev–Trinajstić information content (AvgIpc) is 2.99. The maximum atomic E-state index is 11.8. The van der Waals surface area contributed by atoms with E-state index in [9.17, 15) is 4.79 Å². The van der Waals surface area contributed by atoms with Crippen molar-refractivity contribution in [2.75, 3.05) is 40.6 Å². The predicted octanol–water partition coefficient (Wildman–Crippen LogP) is 3.55. The monoisotopic (exact) mass is 373 g/mol. The van der Waals surface area contributed by atoms with Gasteiger partial charge in [0.1, 0.15) is 0 Å².